The van der Waals surface area contributed by atoms with E-state index in [4.69, 9.17) is 16.3 Å². The lowest BCUT2D eigenvalue weighted by Gasteiger charge is -2.31. The maximum Gasteiger partial charge on any atom is 0.340 e. The predicted octanol–water partition coefficient (Wildman–Crippen LogP) is 4.41. The van der Waals surface area contributed by atoms with Crippen molar-refractivity contribution in [1.29, 1.82) is 0 Å². The average molecular weight is 474 g/mol. The second-order valence-electron chi connectivity index (χ2n) is 8.93. The maximum atomic E-state index is 13.1. The number of carbonyl (C=O) groups is 3. The molecule has 0 aliphatic carbocycles. The number of H-pyrrole nitrogens is 1. The van der Waals surface area contributed by atoms with Gasteiger partial charge in [-0.3, -0.25) is 9.59 Å². The number of benzene rings is 1. The first kappa shape index (κ1) is 24.8. The van der Waals surface area contributed by atoms with Crippen molar-refractivity contribution >= 4 is 29.4 Å². The predicted molar refractivity (Wildman–Crippen MR) is 127 cm³/mol. The van der Waals surface area contributed by atoms with Crippen LogP contribution in [0.4, 0.5) is 0 Å². The van der Waals surface area contributed by atoms with E-state index in [0.29, 0.717) is 53.6 Å². The number of ether oxygens (including phenoxy) is 1. The average Bonchev–Trinajstić information content (AvgIpc) is 3.06. The van der Waals surface area contributed by atoms with Crippen LogP contribution in [-0.4, -0.2) is 46.9 Å². The molecular formula is C25H32ClN3O4. The first-order valence-corrected chi connectivity index (χ1v) is 11.7. The Kier molecular flexibility index (Phi) is 8.19. The van der Waals surface area contributed by atoms with Gasteiger partial charge in [0.1, 0.15) is 5.69 Å². The number of hydrogen-bond donors (Lipinski definition) is 2. The summed E-state index contributed by atoms with van der Waals surface area (Å²) in [7, 11) is 0. The van der Waals surface area contributed by atoms with Gasteiger partial charge in [-0.2, -0.15) is 0 Å². The third-order valence-corrected chi connectivity index (χ3v) is 6.19. The Balaban J connectivity index is 1.52. The van der Waals surface area contributed by atoms with Gasteiger partial charge in [-0.15, -0.1) is 0 Å². The van der Waals surface area contributed by atoms with Crippen LogP contribution < -0.4 is 5.32 Å². The number of aryl methyl sites for hydroxylation is 1. The first-order chi connectivity index (χ1) is 15.7. The quantitative estimate of drug-likeness (QED) is 0.583. The molecule has 1 aromatic carbocycles. The van der Waals surface area contributed by atoms with Crippen molar-refractivity contribution in [2.24, 2.45) is 5.92 Å². The lowest BCUT2D eigenvalue weighted by molar-refractivity contribution is -0.122. The van der Waals surface area contributed by atoms with E-state index in [2.05, 4.69) is 10.3 Å². The van der Waals surface area contributed by atoms with Gasteiger partial charge in [-0.25, -0.2) is 4.79 Å². The van der Waals surface area contributed by atoms with Gasteiger partial charge in [0.05, 0.1) is 11.7 Å². The van der Waals surface area contributed by atoms with E-state index in [1.54, 1.807) is 38.7 Å². The summed E-state index contributed by atoms with van der Waals surface area (Å²) >= 11 is 5.98. The van der Waals surface area contributed by atoms with Crippen molar-refractivity contribution in [3.63, 3.8) is 0 Å². The number of aromatic nitrogens is 1. The highest BCUT2D eigenvalue weighted by atomic mass is 35.5. The molecule has 1 aliphatic rings. The molecule has 0 bridgehead atoms. The summed E-state index contributed by atoms with van der Waals surface area (Å²) in [6, 6.07) is 7.43. The van der Waals surface area contributed by atoms with Gasteiger partial charge in [0.2, 0.25) is 5.91 Å². The fraction of sp³-hybridized carbons (Fsp3) is 0.480. The third kappa shape index (κ3) is 6.38. The number of rotatable bonds is 7. The van der Waals surface area contributed by atoms with E-state index in [1.807, 2.05) is 18.2 Å². The number of carbonyl (C=O) groups excluding carboxylic acids is 3. The minimum atomic E-state index is -0.419. The van der Waals surface area contributed by atoms with Crippen molar-refractivity contribution < 1.29 is 19.1 Å². The van der Waals surface area contributed by atoms with Crippen LogP contribution in [0, 0.1) is 19.8 Å². The van der Waals surface area contributed by atoms with E-state index in [0.717, 1.165) is 18.4 Å². The first-order valence-electron chi connectivity index (χ1n) is 11.4. The minimum Gasteiger partial charge on any atom is -0.459 e. The molecule has 2 aromatic rings. The third-order valence-electron chi connectivity index (χ3n) is 5.95. The molecule has 1 saturated heterocycles. The van der Waals surface area contributed by atoms with Crippen molar-refractivity contribution in [3.05, 3.63) is 57.4 Å². The smallest absolute Gasteiger partial charge is 0.340 e. The molecule has 0 saturated carbocycles. The monoisotopic (exact) mass is 473 g/mol. The number of aromatic amines is 1. The molecule has 0 unspecified atom stereocenters. The van der Waals surface area contributed by atoms with Crippen molar-refractivity contribution in [1.82, 2.24) is 15.2 Å². The molecule has 0 spiro atoms. The van der Waals surface area contributed by atoms with Gasteiger partial charge in [-0.1, -0.05) is 23.7 Å². The molecule has 8 heteroatoms. The van der Waals surface area contributed by atoms with Crippen LogP contribution in [0.5, 0.6) is 0 Å². The molecule has 1 aromatic heterocycles. The number of halogens is 1. The number of piperidine rings is 1. The zero-order valence-electron chi connectivity index (χ0n) is 19.7. The summed E-state index contributed by atoms with van der Waals surface area (Å²) in [5.41, 5.74) is 3.07. The Hall–Kier alpha value is -2.80. The summed E-state index contributed by atoms with van der Waals surface area (Å²) in [6.07, 6.45) is 1.73. The normalized spacial score (nSPS) is 14.4. The molecule has 2 heterocycles. The Morgan fingerprint density at radius 1 is 1.21 bits per heavy atom. The summed E-state index contributed by atoms with van der Waals surface area (Å²) in [4.78, 5) is 42.7. The summed E-state index contributed by atoms with van der Waals surface area (Å²) in [6.45, 7) is 8.73. The SMILES string of the molecule is Cc1[nH]c(C(=O)N2CCC(CC(=O)NCc3cccc(Cl)c3)CC2)c(C)c1C(=O)OC(C)C. The zero-order chi connectivity index (χ0) is 24.1. The van der Waals surface area contributed by atoms with E-state index < -0.39 is 5.97 Å². The van der Waals surface area contributed by atoms with Gasteiger partial charge >= 0.3 is 5.97 Å². The van der Waals surface area contributed by atoms with Gasteiger partial charge < -0.3 is 19.9 Å². The molecule has 2 amide bonds. The number of likely N-dealkylation sites (tertiary alicyclic amines) is 1. The summed E-state index contributed by atoms with van der Waals surface area (Å²) < 4.78 is 5.31. The molecule has 0 atom stereocenters. The van der Waals surface area contributed by atoms with Crippen LogP contribution in [0.2, 0.25) is 5.02 Å². The van der Waals surface area contributed by atoms with Crippen molar-refractivity contribution in [2.45, 2.75) is 59.6 Å². The highest BCUT2D eigenvalue weighted by Gasteiger charge is 2.29. The van der Waals surface area contributed by atoms with Crippen LogP contribution in [0.25, 0.3) is 0 Å². The summed E-state index contributed by atoms with van der Waals surface area (Å²) in [5, 5.41) is 3.60. The molecule has 3 rings (SSSR count). The molecular weight excluding hydrogens is 442 g/mol. The lowest BCUT2D eigenvalue weighted by atomic mass is 9.93. The molecule has 1 aliphatic heterocycles. The fourth-order valence-electron chi connectivity index (χ4n) is 4.22. The number of hydrogen-bond acceptors (Lipinski definition) is 4. The van der Waals surface area contributed by atoms with E-state index in [1.165, 1.54) is 0 Å². The topological polar surface area (TPSA) is 91.5 Å². The molecule has 2 N–H and O–H groups in total. The van der Waals surface area contributed by atoms with Crippen LogP contribution in [0.3, 0.4) is 0 Å². The lowest BCUT2D eigenvalue weighted by Crippen LogP contribution is -2.40. The van der Waals surface area contributed by atoms with Gasteiger partial charge in [-0.05, 0) is 69.7 Å². The van der Waals surface area contributed by atoms with Crippen LogP contribution in [0.15, 0.2) is 24.3 Å². The number of nitrogens with one attached hydrogen (secondary N) is 2. The molecule has 178 valence electrons. The van der Waals surface area contributed by atoms with Gasteiger partial charge in [0, 0.05) is 36.8 Å². The fourth-order valence-corrected chi connectivity index (χ4v) is 4.44. The van der Waals surface area contributed by atoms with Gasteiger partial charge in [0.25, 0.3) is 5.91 Å². The zero-order valence-corrected chi connectivity index (χ0v) is 20.4. The van der Waals surface area contributed by atoms with Crippen LogP contribution in [0.1, 0.15) is 70.8 Å². The highest BCUT2D eigenvalue weighted by Crippen LogP contribution is 2.25. The molecule has 33 heavy (non-hydrogen) atoms. The van der Waals surface area contributed by atoms with Crippen molar-refractivity contribution in [2.75, 3.05) is 13.1 Å². The maximum absolute atomic E-state index is 13.1. The molecule has 0 radical (unpaired) electrons. The van der Waals surface area contributed by atoms with Crippen molar-refractivity contribution in [3.8, 4) is 0 Å². The van der Waals surface area contributed by atoms with Crippen LogP contribution >= 0.6 is 11.6 Å². The van der Waals surface area contributed by atoms with E-state index >= 15 is 0 Å². The summed E-state index contributed by atoms with van der Waals surface area (Å²) in [5.74, 6) is -0.304. The Morgan fingerprint density at radius 3 is 2.55 bits per heavy atom. The Labute approximate surface area is 199 Å². The second kappa shape index (κ2) is 10.9. The Bertz CT molecular complexity index is 1020. The molecule has 1 fully saturated rings. The largest absolute Gasteiger partial charge is 0.459 e. The van der Waals surface area contributed by atoms with Crippen LogP contribution in [-0.2, 0) is 16.1 Å². The second-order valence-corrected chi connectivity index (χ2v) is 9.36. The standard InChI is InChI=1S/C25H32ClN3O4/c1-15(2)33-25(32)22-16(3)23(28-17(22)4)24(31)29-10-8-18(9-11-29)13-21(30)27-14-19-6-5-7-20(26)12-19/h5-7,12,15,18,28H,8-11,13-14H2,1-4H3,(H,27,30). The number of nitrogens with zero attached hydrogens (tertiary/aromatic N) is 1. The highest BCUT2D eigenvalue weighted by molar-refractivity contribution is 6.30. The number of amides is 2. The number of esters is 1. The molecule has 7 nitrogen and oxygen atoms in total. The Morgan fingerprint density at radius 2 is 1.91 bits per heavy atom. The van der Waals surface area contributed by atoms with E-state index in [-0.39, 0.29) is 23.8 Å². The minimum absolute atomic E-state index is 0.00361. The van der Waals surface area contributed by atoms with E-state index in [9.17, 15) is 14.4 Å². The van der Waals surface area contributed by atoms with Gasteiger partial charge in [0.15, 0.2) is 0 Å².